The van der Waals surface area contributed by atoms with E-state index >= 15 is 0 Å². The topological polar surface area (TPSA) is 51.8 Å². The van der Waals surface area contributed by atoms with Crippen LogP contribution in [0.3, 0.4) is 0 Å². The maximum Gasteiger partial charge on any atom is 0.203 e. The van der Waals surface area contributed by atoms with Crippen molar-refractivity contribution >= 4 is 0 Å². The van der Waals surface area contributed by atoms with Crippen LogP contribution in [-0.2, 0) is 6.54 Å². The van der Waals surface area contributed by atoms with Crippen molar-refractivity contribution in [1.29, 1.82) is 0 Å². The molecule has 1 saturated heterocycles. The second-order valence-corrected chi connectivity index (χ2v) is 5.29. The van der Waals surface area contributed by atoms with Gasteiger partial charge in [0.1, 0.15) is 0 Å². The van der Waals surface area contributed by atoms with E-state index in [0.29, 0.717) is 23.3 Å². The third kappa shape index (κ3) is 4.25. The van der Waals surface area contributed by atoms with Crippen molar-refractivity contribution in [2.75, 3.05) is 34.4 Å². The number of methoxy groups -OCH3 is 3. The molecule has 1 heterocycles. The lowest BCUT2D eigenvalue weighted by Gasteiger charge is -2.18. The van der Waals surface area contributed by atoms with Crippen molar-refractivity contribution in [2.24, 2.45) is 0 Å². The van der Waals surface area contributed by atoms with Gasteiger partial charge in [-0.25, -0.2) is 0 Å². The second-order valence-electron chi connectivity index (χ2n) is 5.29. The molecule has 1 aliphatic heterocycles. The standard InChI is InChI=1S/C16H26N2O3/c1-19-14-9-12(10-15(20-2)16(14)21-3)11-18-13-5-4-7-17-8-6-13/h9-10,13,17-18H,4-8,11H2,1-3H3. The predicted molar refractivity (Wildman–Crippen MR) is 83.4 cm³/mol. The van der Waals surface area contributed by atoms with Crippen molar-refractivity contribution in [2.45, 2.75) is 31.8 Å². The van der Waals surface area contributed by atoms with E-state index in [1.54, 1.807) is 21.3 Å². The molecule has 118 valence electrons. The van der Waals surface area contributed by atoms with Crippen LogP contribution >= 0.6 is 0 Å². The Balaban J connectivity index is 2.05. The van der Waals surface area contributed by atoms with Crippen LogP contribution in [0, 0.1) is 0 Å². The highest BCUT2D eigenvalue weighted by Crippen LogP contribution is 2.38. The summed E-state index contributed by atoms with van der Waals surface area (Å²) >= 11 is 0. The molecular weight excluding hydrogens is 268 g/mol. The summed E-state index contributed by atoms with van der Waals surface area (Å²) in [6.07, 6.45) is 3.62. The molecule has 5 nitrogen and oxygen atoms in total. The Morgan fingerprint density at radius 1 is 1.05 bits per heavy atom. The van der Waals surface area contributed by atoms with E-state index in [4.69, 9.17) is 14.2 Å². The van der Waals surface area contributed by atoms with Gasteiger partial charge in [0.25, 0.3) is 0 Å². The first-order chi connectivity index (χ1) is 10.3. The highest BCUT2D eigenvalue weighted by Gasteiger charge is 2.15. The highest BCUT2D eigenvalue weighted by atomic mass is 16.5. The van der Waals surface area contributed by atoms with E-state index in [1.165, 1.54) is 19.3 Å². The Morgan fingerprint density at radius 3 is 2.38 bits per heavy atom. The third-order valence-corrected chi connectivity index (χ3v) is 3.90. The fraction of sp³-hybridized carbons (Fsp3) is 0.625. The molecular formula is C16H26N2O3. The van der Waals surface area contributed by atoms with Crippen LogP contribution in [0.2, 0.25) is 0 Å². The number of hydrogen-bond donors (Lipinski definition) is 2. The lowest BCUT2D eigenvalue weighted by Crippen LogP contribution is -2.29. The molecule has 0 aromatic heterocycles. The van der Waals surface area contributed by atoms with Crippen LogP contribution < -0.4 is 24.8 Å². The minimum Gasteiger partial charge on any atom is -0.493 e. The normalized spacial score (nSPS) is 18.9. The molecule has 0 spiro atoms. The zero-order valence-corrected chi connectivity index (χ0v) is 13.2. The predicted octanol–water partition coefficient (Wildman–Crippen LogP) is 1.94. The summed E-state index contributed by atoms with van der Waals surface area (Å²) in [5.74, 6) is 2.05. The summed E-state index contributed by atoms with van der Waals surface area (Å²) in [6.45, 7) is 3.02. The average molecular weight is 294 g/mol. The van der Waals surface area contributed by atoms with Gasteiger partial charge in [0.15, 0.2) is 11.5 Å². The van der Waals surface area contributed by atoms with Crippen molar-refractivity contribution in [3.05, 3.63) is 17.7 Å². The Labute approximate surface area is 127 Å². The number of rotatable bonds is 6. The number of hydrogen-bond acceptors (Lipinski definition) is 5. The minimum atomic E-state index is 0.569. The maximum atomic E-state index is 5.39. The first-order valence-corrected chi connectivity index (χ1v) is 7.51. The van der Waals surface area contributed by atoms with Crippen molar-refractivity contribution in [1.82, 2.24) is 10.6 Å². The van der Waals surface area contributed by atoms with Gasteiger partial charge in [-0.15, -0.1) is 0 Å². The minimum absolute atomic E-state index is 0.569. The van der Waals surface area contributed by atoms with E-state index in [-0.39, 0.29) is 0 Å². The molecule has 1 aliphatic rings. The van der Waals surface area contributed by atoms with Crippen LogP contribution in [0.1, 0.15) is 24.8 Å². The SMILES string of the molecule is COc1cc(CNC2CCCNCC2)cc(OC)c1OC. The van der Waals surface area contributed by atoms with Crippen LogP contribution in [0.15, 0.2) is 12.1 Å². The maximum absolute atomic E-state index is 5.39. The van der Waals surface area contributed by atoms with E-state index < -0.39 is 0 Å². The molecule has 0 saturated carbocycles. The Bertz CT molecular complexity index is 418. The fourth-order valence-corrected chi connectivity index (χ4v) is 2.72. The second kappa shape index (κ2) is 8.10. The first kappa shape index (κ1) is 15.9. The summed E-state index contributed by atoms with van der Waals surface area (Å²) < 4.78 is 16.1. The molecule has 5 heteroatoms. The summed E-state index contributed by atoms with van der Waals surface area (Å²) in [7, 11) is 4.91. The monoisotopic (exact) mass is 294 g/mol. The van der Waals surface area contributed by atoms with E-state index in [0.717, 1.165) is 25.2 Å². The van der Waals surface area contributed by atoms with Crippen molar-refractivity contribution in [3.8, 4) is 17.2 Å². The van der Waals surface area contributed by atoms with Crippen molar-refractivity contribution in [3.63, 3.8) is 0 Å². The smallest absolute Gasteiger partial charge is 0.203 e. The van der Waals surface area contributed by atoms with Gasteiger partial charge in [-0.1, -0.05) is 0 Å². The average Bonchev–Trinajstić information content (AvgIpc) is 2.80. The molecule has 1 aromatic carbocycles. The largest absolute Gasteiger partial charge is 0.493 e. The van der Waals surface area contributed by atoms with Crippen LogP contribution in [0.4, 0.5) is 0 Å². The van der Waals surface area contributed by atoms with Gasteiger partial charge in [0.2, 0.25) is 5.75 Å². The van der Waals surface area contributed by atoms with Crippen molar-refractivity contribution < 1.29 is 14.2 Å². The Morgan fingerprint density at radius 2 is 1.76 bits per heavy atom. The molecule has 21 heavy (non-hydrogen) atoms. The van der Waals surface area contributed by atoms with Gasteiger partial charge in [0, 0.05) is 12.6 Å². The van der Waals surface area contributed by atoms with Crippen LogP contribution in [0.5, 0.6) is 17.2 Å². The van der Waals surface area contributed by atoms with Gasteiger partial charge < -0.3 is 24.8 Å². The lowest BCUT2D eigenvalue weighted by atomic mass is 10.1. The molecule has 0 radical (unpaired) electrons. The van der Waals surface area contributed by atoms with Gasteiger partial charge in [-0.3, -0.25) is 0 Å². The number of ether oxygens (including phenoxy) is 3. The molecule has 2 rings (SSSR count). The van der Waals surface area contributed by atoms with Gasteiger partial charge in [0.05, 0.1) is 21.3 Å². The van der Waals surface area contributed by atoms with Gasteiger partial charge in [-0.05, 0) is 50.0 Å². The molecule has 0 amide bonds. The third-order valence-electron chi connectivity index (χ3n) is 3.90. The Kier molecular flexibility index (Phi) is 6.14. The number of benzene rings is 1. The summed E-state index contributed by atoms with van der Waals surface area (Å²) in [5, 5.41) is 7.06. The van der Waals surface area contributed by atoms with E-state index in [1.807, 2.05) is 12.1 Å². The zero-order chi connectivity index (χ0) is 15.1. The summed E-state index contributed by atoms with van der Waals surface area (Å²) in [5.41, 5.74) is 1.14. The molecule has 2 N–H and O–H groups in total. The lowest BCUT2D eigenvalue weighted by molar-refractivity contribution is 0.323. The number of nitrogens with one attached hydrogen (secondary N) is 2. The molecule has 1 atom stereocenters. The molecule has 1 unspecified atom stereocenters. The quantitative estimate of drug-likeness (QED) is 0.840. The summed E-state index contributed by atoms with van der Waals surface area (Å²) in [6, 6.07) is 4.58. The molecule has 1 fully saturated rings. The van der Waals surface area contributed by atoms with Crippen LogP contribution in [-0.4, -0.2) is 40.5 Å². The Hall–Kier alpha value is -1.46. The van der Waals surface area contributed by atoms with E-state index in [2.05, 4.69) is 10.6 Å². The zero-order valence-electron chi connectivity index (χ0n) is 13.2. The van der Waals surface area contributed by atoms with Gasteiger partial charge >= 0.3 is 0 Å². The molecule has 1 aromatic rings. The van der Waals surface area contributed by atoms with E-state index in [9.17, 15) is 0 Å². The summed E-state index contributed by atoms with van der Waals surface area (Å²) in [4.78, 5) is 0. The fourth-order valence-electron chi connectivity index (χ4n) is 2.72. The molecule has 0 bridgehead atoms. The van der Waals surface area contributed by atoms with Gasteiger partial charge in [-0.2, -0.15) is 0 Å². The highest BCUT2D eigenvalue weighted by molar-refractivity contribution is 5.53. The molecule has 0 aliphatic carbocycles. The first-order valence-electron chi connectivity index (χ1n) is 7.51. The van der Waals surface area contributed by atoms with Crippen LogP contribution in [0.25, 0.3) is 0 Å².